The molecular weight excluding hydrogens is 306 g/mol. The van der Waals surface area contributed by atoms with Crippen LogP contribution in [0.1, 0.15) is 33.0 Å². The van der Waals surface area contributed by atoms with E-state index in [1.807, 2.05) is 56.3 Å². The molecule has 0 aliphatic carbocycles. The highest BCUT2D eigenvalue weighted by molar-refractivity contribution is 5.83. The van der Waals surface area contributed by atoms with Crippen molar-refractivity contribution in [1.82, 2.24) is 5.32 Å². The van der Waals surface area contributed by atoms with Crippen molar-refractivity contribution >= 4 is 11.9 Å². The Hall–Kier alpha value is -2.56. The number of nitrogens with one attached hydrogen (secondary N) is 1. The number of carbonyl (C=O) groups is 2. The molecule has 1 unspecified atom stereocenters. The number of rotatable bonds is 7. The van der Waals surface area contributed by atoms with Crippen LogP contribution in [0.4, 0.5) is 0 Å². The number of ether oxygens (including phenoxy) is 1. The van der Waals surface area contributed by atoms with E-state index in [4.69, 9.17) is 9.15 Å². The molecule has 0 spiro atoms. The van der Waals surface area contributed by atoms with Gasteiger partial charge in [-0.15, -0.1) is 0 Å². The number of hydrogen-bond acceptors (Lipinski definition) is 4. The number of amides is 1. The normalized spacial score (nSPS) is 12.0. The van der Waals surface area contributed by atoms with Crippen LogP contribution in [-0.2, 0) is 20.7 Å². The molecule has 0 radical (unpaired) electrons. The van der Waals surface area contributed by atoms with Gasteiger partial charge in [-0.25, -0.2) is 0 Å². The summed E-state index contributed by atoms with van der Waals surface area (Å²) in [4.78, 5) is 23.6. The fraction of sp³-hybridized carbons (Fsp3) is 0.368. The minimum atomic E-state index is -0.795. The van der Waals surface area contributed by atoms with E-state index in [0.29, 0.717) is 12.2 Å². The van der Waals surface area contributed by atoms with Gasteiger partial charge in [-0.1, -0.05) is 30.3 Å². The zero-order valence-corrected chi connectivity index (χ0v) is 14.2. The lowest BCUT2D eigenvalue weighted by molar-refractivity contribution is -0.155. The predicted octanol–water partition coefficient (Wildman–Crippen LogP) is 3.34. The molecule has 1 amide bonds. The molecule has 1 aromatic heterocycles. The topological polar surface area (TPSA) is 68.5 Å². The van der Waals surface area contributed by atoms with Crippen LogP contribution < -0.4 is 5.32 Å². The van der Waals surface area contributed by atoms with Crippen molar-refractivity contribution in [2.45, 2.75) is 45.8 Å². The summed E-state index contributed by atoms with van der Waals surface area (Å²) in [6.07, 6.45) is -0.193. The maximum atomic E-state index is 11.8. The number of esters is 1. The van der Waals surface area contributed by atoms with Crippen molar-refractivity contribution in [3.05, 3.63) is 48.2 Å². The van der Waals surface area contributed by atoms with Gasteiger partial charge in [-0.05, 0) is 32.9 Å². The van der Waals surface area contributed by atoms with Crippen LogP contribution in [-0.4, -0.2) is 24.0 Å². The van der Waals surface area contributed by atoms with Crippen LogP contribution >= 0.6 is 0 Å². The fourth-order valence-corrected chi connectivity index (χ4v) is 2.21. The lowest BCUT2D eigenvalue weighted by atomic mass is 10.2. The van der Waals surface area contributed by atoms with Crippen LogP contribution in [0.25, 0.3) is 11.3 Å². The predicted molar refractivity (Wildman–Crippen MR) is 91.3 cm³/mol. The quantitative estimate of drug-likeness (QED) is 0.791. The van der Waals surface area contributed by atoms with E-state index in [9.17, 15) is 9.59 Å². The van der Waals surface area contributed by atoms with Crippen molar-refractivity contribution in [2.24, 2.45) is 0 Å². The second-order valence-electron chi connectivity index (χ2n) is 5.93. The summed E-state index contributed by atoms with van der Waals surface area (Å²) in [6, 6.07) is 13.5. The second kappa shape index (κ2) is 8.34. The maximum absolute atomic E-state index is 11.8. The van der Waals surface area contributed by atoms with Gasteiger partial charge in [0.15, 0.2) is 6.10 Å². The minimum absolute atomic E-state index is 0.0122. The Morgan fingerprint density at radius 3 is 2.46 bits per heavy atom. The van der Waals surface area contributed by atoms with Gasteiger partial charge in [0.1, 0.15) is 11.5 Å². The summed E-state index contributed by atoms with van der Waals surface area (Å²) in [5.41, 5.74) is 0.991. The van der Waals surface area contributed by atoms with Crippen LogP contribution in [0.5, 0.6) is 0 Å². The fourth-order valence-electron chi connectivity index (χ4n) is 2.21. The first-order valence-electron chi connectivity index (χ1n) is 8.09. The lowest BCUT2D eigenvalue weighted by Gasteiger charge is -2.15. The van der Waals surface area contributed by atoms with E-state index in [2.05, 4.69) is 5.32 Å². The molecule has 5 heteroatoms. The third-order valence-corrected chi connectivity index (χ3v) is 3.40. The molecule has 24 heavy (non-hydrogen) atoms. The van der Waals surface area contributed by atoms with Crippen molar-refractivity contribution in [2.75, 3.05) is 0 Å². The minimum Gasteiger partial charge on any atom is -0.461 e. The van der Waals surface area contributed by atoms with E-state index in [1.165, 1.54) is 0 Å². The molecular formula is C19H23NO4. The molecule has 0 saturated heterocycles. The van der Waals surface area contributed by atoms with E-state index < -0.39 is 12.1 Å². The van der Waals surface area contributed by atoms with Crippen LogP contribution in [0.15, 0.2) is 46.9 Å². The standard InChI is InChI=1S/C19H23NO4/c1-13(2)20-19(22)14(3)23-18(21)12-10-16-9-11-17(24-16)15-7-5-4-6-8-15/h4-9,11,13-14H,10,12H2,1-3H3,(H,20,22). The van der Waals surface area contributed by atoms with Crippen LogP contribution in [0.3, 0.4) is 0 Å². The SMILES string of the molecule is CC(C)NC(=O)C(C)OC(=O)CCc1ccc(-c2ccccc2)o1. The van der Waals surface area contributed by atoms with Gasteiger partial charge in [-0.2, -0.15) is 0 Å². The Balaban J connectivity index is 1.82. The molecule has 1 heterocycles. The monoisotopic (exact) mass is 329 g/mol. The molecule has 0 aliphatic rings. The summed E-state index contributed by atoms with van der Waals surface area (Å²) >= 11 is 0. The first-order valence-corrected chi connectivity index (χ1v) is 8.09. The molecule has 128 valence electrons. The number of hydrogen-bond donors (Lipinski definition) is 1. The Morgan fingerprint density at radius 1 is 1.08 bits per heavy atom. The lowest BCUT2D eigenvalue weighted by Crippen LogP contribution is -2.39. The third kappa shape index (κ3) is 5.26. The van der Waals surface area contributed by atoms with Crippen molar-refractivity contribution < 1.29 is 18.7 Å². The molecule has 0 aliphatic heterocycles. The van der Waals surface area contributed by atoms with Crippen molar-refractivity contribution in [3.63, 3.8) is 0 Å². The molecule has 5 nitrogen and oxygen atoms in total. The summed E-state index contributed by atoms with van der Waals surface area (Å²) in [6.45, 7) is 5.28. The average molecular weight is 329 g/mol. The summed E-state index contributed by atoms with van der Waals surface area (Å²) in [5, 5.41) is 2.71. The van der Waals surface area contributed by atoms with Gasteiger partial charge in [0.05, 0.1) is 6.42 Å². The highest BCUT2D eigenvalue weighted by Crippen LogP contribution is 2.22. The highest BCUT2D eigenvalue weighted by Gasteiger charge is 2.18. The van der Waals surface area contributed by atoms with E-state index >= 15 is 0 Å². The smallest absolute Gasteiger partial charge is 0.307 e. The first-order chi connectivity index (χ1) is 11.5. The number of benzene rings is 1. The van der Waals surface area contributed by atoms with Gasteiger partial charge < -0.3 is 14.5 Å². The Morgan fingerprint density at radius 2 is 1.79 bits per heavy atom. The molecule has 0 bridgehead atoms. The molecule has 2 aromatic rings. The summed E-state index contributed by atoms with van der Waals surface area (Å²) < 4.78 is 10.9. The number of aryl methyl sites for hydroxylation is 1. The van der Waals surface area contributed by atoms with Crippen molar-refractivity contribution in [3.8, 4) is 11.3 Å². The van der Waals surface area contributed by atoms with Crippen molar-refractivity contribution in [1.29, 1.82) is 0 Å². The number of carbonyl (C=O) groups excluding carboxylic acids is 2. The summed E-state index contributed by atoms with van der Waals surface area (Å²) in [7, 11) is 0. The largest absolute Gasteiger partial charge is 0.461 e. The maximum Gasteiger partial charge on any atom is 0.307 e. The van der Waals surface area contributed by atoms with Gasteiger partial charge in [0.25, 0.3) is 5.91 Å². The molecule has 1 N–H and O–H groups in total. The van der Waals surface area contributed by atoms with Gasteiger partial charge in [0, 0.05) is 18.0 Å². The third-order valence-electron chi connectivity index (χ3n) is 3.40. The molecule has 1 atom stereocenters. The average Bonchev–Trinajstić information content (AvgIpc) is 3.02. The van der Waals surface area contributed by atoms with Gasteiger partial charge in [0.2, 0.25) is 0 Å². The van der Waals surface area contributed by atoms with Gasteiger partial charge in [-0.3, -0.25) is 9.59 Å². The molecule has 1 aromatic carbocycles. The summed E-state index contributed by atoms with van der Waals surface area (Å²) in [5.74, 6) is 0.774. The Bertz CT molecular complexity index is 676. The van der Waals surface area contributed by atoms with Gasteiger partial charge >= 0.3 is 5.97 Å². The zero-order valence-electron chi connectivity index (χ0n) is 14.2. The number of furan rings is 1. The Kier molecular flexibility index (Phi) is 6.18. The zero-order chi connectivity index (χ0) is 17.5. The highest BCUT2D eigenvalue weighted by atomic mass is 16.5. The molecule has 2 rings (SSSR count). The second-order valence-corrected chi connectivity index (χ2v) is 5.93. The first kappa shape index (κ1) is 17.8. The van der Waals surface area contributed by atoms with Crippen LogP contribution in [0.2, 0.25) is 0 Å². The molecule has 0 saturated carbocycles. The van der Waals surface area contributed by atoms with Crippen LogP contribution in [0, 0.1) is 0 Å². The van der Waals surface area contributed by atoms with E-state index in [1.54, 1.807) is 6.92 Å². The Labute approximate surface area is 142 Å². The van der Waals surface area contributed by atoms with E-state index in [0.717, 1.165) is 11.3 Å². The van der Waals surface area contributed by atoms with E-state index in [-0.39, 0.29) is 18.4 Å². The molecule has 0 fully saturated rings.